The lowest BCUT2D eigenvalue weighted by Crippen LogP contribution is -2.22. The molecular weight excluding hydrogens is 296 g/mol. The lowest BCUT2D eigenvalue weighted by Gasteiger charge is -1.99. The molecule has 0 bridgehead atoms. The first-order valence-electron chi connectivity index (χ1n) is 4.63. The van der Waals surface area contributed by atoms with E-state index in [9.17, 15) is 13.2 Å². The second-order valence-electron chi connectivity index (χ2n) is 3.24. The van der Waals surface area contributed by atoms with Crippen LogP contribution in [-0.2, 0) is 16.6 Å². The Morgan fingerprint density at radius 2 is 2.22 bits per heavy atom. The van der Waals surface area contributed by atoms with Crippen LogP contribution >= 0.6 is 22.9 Å². The number of carbonyl (C=O) groups is 1. The molecule has 2 rings (SSSR count). The Balaban J connectivity index is 1.99. The monoisotopic (exact) mass is 304 g/mol. The van der Waals surface area contributed by atoms with Crippen LogP contribution in [0, 0.1) is 0 Å². The van der Waals surface area contributed by atoms with Crippen molar-refractivity contribution in [1.82, 2.24) is 14.9 Å². The number of nitrogens with two attached hydrogens (primary N) is 1. The zero-order valence-electron chi connectivity index (χ0n) is 8.86. The number of hydrogen-bond donors (Lipinski definition) is 2. The maximum atomic E-state index is 11.5. The van der Waals surface area contributed by atoms with Gasteiger partial charge in [0.15, 0.2) is 5.69 Å². The quantitative estimate of drug-likeness (QED) is 0.836. The molecule has 0 aliphatic rings. The SMILES string of the molecule is NS(=O)(=O)c1ccc(CNC(=O)c2csnn2)s1. The number of amides is 1. The first-order valence-corrected chi connectivity index (χ1v) is 7.83. The molecule has 3 N–H and O–H groups in total. The number of hydrogen-bond acceptors (Lipinski definition) is 7. The molecule has 0 aliphatic carbocycles. The van der Waals surface area contributed by atoms with E-state index in [-0.39, 0.29) is 22.4 Å². The first-order chi connectivity index (χ1) is 8.47. The molecule has 96 valence electrons. The van der Waals surface area contributed by atoms with Gasteiger partial charge < -0.3 is 5.32 Å². The highest BCUT2D eigenvalue weighted by Gasteiger charge is 2.12. The van der Waals surface area contributed by atoms with Crippen LogP contribution in [0.1, 0.15) is 15.4 Å². The van der Waals surface area contributed by atoms with Gasteiger partial charge in [0, 0.05) is 10.3 Å². The van der Waals surface area contributed by atoms with E-state index >= 15 is 0 Å². The molecule has 0 unspecified atom stereocenters. The molecule has 0 saturated heterocycles. The van der Waals surface area contributed by atoms with Gasteiger partial charge in [0.2, 0.25) is 10.0 Å². The summed E-state index contributed by atoms with van der Waals surface area (Å²) in [4.78, 5) is 12.2. The molecule has 1 amide bonds. The van der Waals surface area contributed by atoms with Gasteiger partial charge in [0.25, 0.3) is 5.91 Å². The van der Waals surface area contributed by atoms with E-state index in [1.54, 1.807) is 6.07 Å². The maximum Gasteiger partial charge on any atom is 0.273 e. The van der Waals surface area contributed by atoms with Crippen LogP contribution < -0.4 is 10.5 Å². The third kappa shape index (κ3) is 3.10. The van der Waals surface area contributed by atoms with Crippen molar-refractivity contribution >= 4 is 38.8 Å². The van der Waals surface area contributed by atoms with Crippen LogP contribution in [-0.4, -0.2) is 23.9 Å². The summed E-state index contributed by atoms with van der Waals surface area (Å²) < 4.78 is 25.8. The van der Waals surface area contributed by atoms with E-state index in [0.29, 0.717) is 4.88 Å². The Hall–Kier alpha value is -1.36. The Morgan fingerprint density at radius 3 is 2.78 bits per heavy atom. The molecule has 7 nitrogen and oxygen atoms in total. The summed E-state index contributed by atoms with van der Waals surface area (Å²) in [5.41, 5.74) is 0.239. The smallest absolute Gasteiger partial charge is 0.273 e. The number of sulfonamides is 1. The second kappa shape index (κ2) is 5.10. The van der Waals surface area contributed by atoms with E-state index < -0.39 is 10.0 Å². The molecule has 2 heterocycles. The summed E-state index contributed by atoms with van der Waals surface area (Å²) in [6.45, 7) is 0.219. The Morgan fingerprint density at radius 1 is 1.44 bits per heavy atom. The van der Waals surface area contributed by atoms with Gasteiger partial charge in [-0.15, -0.1) is 16.4 Å². The van der Waals surface area contributed by atoms with E-state index in [4.69, 9.17) is 5.14 Å². The van der Waals surface area contributed by atoms with Crippen molar-refractivity contribution in [3.05, 3.63) is 28.1 Å². The molecule has 0 atom stereocenters. The van der Waals surface area contributed by atoms with Gasteiger partial charge in [-0.2, -0.15) is 0 Å². The molecule has 10 heteroatoms. The Labute approximate surface area is 111 Å². The van der Waals surface area contributed by atoms with Crippen LogP contribution in [0.15, 0.2) is 21.7 Å². The normalized spacial score (nSPS) is 11.4. The zero-order chi connectivity index (χ0) is 13.2. The fourth-order valence-corrected chi connectivity index (χ4v) is 3.28. The Kier molecular flexibility index (Phi) is 3.71. The third-order valence-corrected chi connectivity index (χ3v) is 4.96. The minimum Gasteiger partial charge on any atom is -0.346 e. The van der Waals surface area contributed by atoms with Crippen molar-refractivity contribution in [2.24, 2.45) is 5.14 Å². The number of rotatable bonds is 4. The molecule has 2 aromatic rings. The van der Waals surface area contributed by atoms with Crippen LogP contribution in [0.5, 0.6) is 0 Å². The van der Waals surface area contributed by atoms with Crippen molar-refractivity contribution < 1.29 is 13.2 Å². The predicted molar refractivity (Wildman–Crippen MR) is 66.8 cm³/mol. The molecule has 2 aromatic heterocycles. The standard InChI is InChI=1S/C8H8N4O3S3/c9-18(14,15)7-2-1-5(17-7)3-10-8(13)6-4-16-12-11-6/h1-2,4H,3H2,(H,10,13)(H2,9,14,15). The fraction of sp³-hybridized carbons (Fsp3) is 0.125. The highest BCUT2D eigenvalue weighted by atomic mass is 32.2. The number of primary sulfonamides is 1. The predicted octanol–water partition coefficient (Wildman–Crippen LogP) is 0.177. The largest absolute Gasteiger partial charge is 0.346 e. The number of nitrogens with zero attached hydrogens (tertiary/aromatic N) is 2. The average Bonchev–Trinajstić information content (AvgIpc) is 2.96. The summed E-state index contributed by atoms with van der Waals surface area (Å²) in [6.07, 6.45) is 0. The summed E-state index contributed by atoms with van der Waals surface area (Å²) in [5, 5.41) is 12.7. The highest BCUT2D eigenvalue weighted by Crippen LogP contribution is 2.19. The number of thiophene rings is 1. The fourth-order valence-electron chi connectivity index (χ4n) is 1.13. The number of aromatic nitrogens is 2. The van der Waals surface area contributed by atoms with Gasteiger partial charge in [0.1, 0.15) is 4.21 Å². The second-order valence-corrected chi connectivity index (χ2v) is 6.80. The van der Waals surface area contributed by atoms with Crippen molar-refractivity contribution in [2.75, 3.05) is 0 Å². The minimum absolute atomic E-state index is 0.0714. The number of nitrogens with one attached hydrogen (secondary N) is 1. The lowest BCUT2D eigenvalue weighted by molar-refractivity contribution is 0.0946. The van der Waals surface area contributed by atoms with E-state index in [0.717, 1.165) is 22.9 Å². The van der Waals surface area contributed by atoms with Crippen LogP contribution in [0.3, 0.4) is 0 Å². The molecule has 0 aliphatic heterocycles. The molecule has 18 heavy (non-hydrogen) atoms. The van der Waals surface area contributed by atoms with Gasteiger partial charge in [-0.25, -0.2) is 13.6 Å². The van der Waals surface area contributed by atoms with E-state index in [1.165, 1.54) is 11.4 Å². The van der Waals surface area contributed by atoms with Crippen LogP contribution in [0.25, 0.3) is 0 Å². The van der Waals surface area contributed by atoms with Crippen LogP contribution in [0.2, 0.25) is 0 Å². The van der Waals surface area contributed by atoms with E-state index in [2.05, 4.69) is 14.9 Å². The third-order valence-electron chi connectivity index (χ3n) is 1.93. The molecule has 0 spiro atoms. The molecule has 0 aromatic carbocycles. The van der Waals surface area contributed by atoms with E-state index in [1.807, 2.05) is 0 Å². The topological polar surface area (TPSA) is 115 Å². The average molecular weight is 304 g/mol. The summed E-state index contributed by atoms with van der Waals surface area (Å²) in [6, 6.07) is 3.01. The number of carbonyl (C=O) groups excluding carboxylic acids is 1. The van der Waals surface area contributed by atoms with Gasteiger partial charge in [-0.05, 0) is 23.7 Å². The molecule has 0 saturated carbocycles. The molecule has 0 radical (unpaired) electrons. The van der Waals surface area contributed by atoms with Crippen molar-refractivity contribution in [1.29, 1.82) is 0 Å². The summed E-state index contributed by atoms with van der Waals surface area (Å²) in [7, 11) is -3.68. The van der Waals surface area contributed by atoms with Crippen molar-refractivity contribution in [3.63, 3.8) is 0 Å². The zero-order valence-corrected chi connectivity index (χ0v) is 11.3. The van der Waals surface area contributed by atoms with Crippen LogP contribution in [0.4, 0.5) is 0 Å². The highest BCUT2D eigenvalue weighted by molar-refractivity contribution is 7.91. The van der Waals surface area contributed by atoms with Gasteiger partial charge in [0.05, 0.1) is 6.54 Å². The van der Waals surface area contributed by atoms with Crippen molar-refractivity contribution in [3.8, 4) is 0 Å². The first kappa shape index (κ1) is 13.1. The maximum absolute atomic E-state index is 11.5. The summed E-state index contributed by atoms with van der Waals surface area (Å²) >= 11 is 2.10. The van der Waals surface area contributed by atoms with Gasteiger partial charge in [-0.1, -0.05) is 4.49 Å². The molecular formula is C8H8N4O3S3. The summed E-state index contributed by atoms with van der Waals surface area (Å²) in [5.74, 6) is -0.352. The lowest BCUT2D eigenvalue weighted by atomic mass is 10.4. The minimum atomic E-state index is -3.68. The van der Waals surface area contributed by atoms with Gasteiger partial charge in [-0.3, -0.25) is 4.79 Å². The van der Waals surface area contributed by atoms with Crippen molar-refractivity contribution in [2.45, 2.75) is 10.8 Å². The van der Waals surface area contributed by atoms with Gasteiger partial charge >= 0.3 is 0 Å². The Bertz CT molecular complexity index is 647. The molecule has 0 fully saturated rings.